The highest BCUT2D eigenvalue weighted by molar-refractivity contribution is 7.89. The predicted molar refractivity (Wildman–Crippen MR) is 65.6 cm³/mol. The number of benzene rings is 1. The van der Waals surface area contributed by atoms with Gasteiger partial charge in [-0.3, -0.25) is 0 Å². The zero-order valence-corrected chi connectivity index (χ0v) is 11.5. The van der Waals surface area contributed by atoms with E-state index in [0.717, 1.165) is 16.4 Å². The second-order valence-electron chi connectivity index (χ2n) is 4.54. The highest BCUT2D eigenvalue weighted by Gasteiger charge is 2.35. The van der Waals surface area contributed by atoms with E-state index in [9.17, 15) is 21.6 Å². The van der Waals surface area contributed by atoms with Crippen LogP contribution >= 0.6 is 0 Å². The van der Waals surface area contributed by atoms with Gasteiger partial charge in [-0.25, -0.2) is 8.42 Å². The second kappa shape index (κ2) is 5.34. The Labute approximate surface area is 115 Å². The lowest BCUT2D eigenvalue weighted by Gasteiger charge is -2.17. The minimum absolute atomic E-state index is 0.162. The quantitative estimate of drug-likeness (QED) is 0.859. The van der Waals surface area contributed by atoms with Crippen molar-refractivity contribution >= 4 is 10.0 Å². The van der Waals surface area contributed by atoms with Crippen LogP contribution in [-0.4, -0.2) is 39.0 Å². The van der Waals surface area contributed by atoms with Gasteiger partial charge in [0.1, 0.15) is 0 Å². The Balaban J connectivity index is 2.31. The topological polar surface area (TPSA) is 46.6 Å². The van der Waals surface area contributed by atoms with Crippen molar-refractivity contribution in [2.45, 2.75) is 23.6 Å². The van der Waals surface area contributed by atoms with Crippen LogP contribution in [0.3, 0.4) is 0 Å². The van der Waals surface area contributed by atoms with Gasteiger partial charge in [0.2, 0.25) is 10.0 Å². The van der Waals surface area contributed by atoms with Crippen LogP contribution in [0.15, 0.2) is 29.2 Å². The third kappa shape index (κ3) is 2.97. The van der Waals surface area contributed by atoms with E-state index < -0.39 is 21.8 Å². The number of sulfonamides is 1. The van der Waals surface area contributed by atoms with E-state index in [4.69, 9.17) is 4.74 Å². The molecule has 1 saturated heterocycles. The Kier molecular flexibility index (Phi) is 4.08. The standard InChI is InChI=1S/C12H14F3NO3S/c1-19-10-5-6-16(8-10)20(17,18)11-4-2-3-9(7-11)12(13,14)15/h2-4,7,10H,5-6,8H2,1H3/t10-/m0/s1. The second-order valence-corrected chi connectivity index (χ2v) is 6.47. The summed E-state index contributed by atoms with van der Waals surface area (Å²) in [5.41, 5.74) is -0.971. The molecule has 0 radical (unpaired) electrons. The van der Waals surface area contributed by atoms with Gasteiger partial charge in [0.25, 0.3) is 0 Å². The summed E-state index contributed by atoms with van der Waals surface area (Å²) in [5, 5.41) is 0. The zero-order valence-electron chi connectivity index (χ0n) is 10.7. The fourth-order valence-electron chi connectivity index (χ4n) is 2.09. The fraction of sp³-hybridized carbons (Fsp3) is 0.500. The summed E-state index contributed by atoms with van der Waals surface area (Å²) >= 11 is 0. The van der Waals surface area contributed by atoms with Crippen molar-refractivity contribution in [3.63, 3.8) is 0 Å². The molecule has 1 aliphatic rings. The van der Waals surface area contributed by atoms with E-state index in [1.165, 1.54) is 13.2 Å². The fourth-order valence-corrected chi connectivity index (χ4v) is 3.62. The maximum absolute atomic E-state index is 12.6. The molecule has 1 aromatic carbocycles. The molecule has 20 heavy (non-hydrogen) atoms. The minimum atomic E-state index is -4.56. The molecule has 112 valence electrons. The molecule has 4 nitrogen and oxygen atoms in total. The van der Waals surface area contributed by atoms with Crippen LogP contribution < -0.4 is 0 Å². The number of alkyl halides is 3. The van der Waals surface area contributed by atoms with Crippen molar-refractivity contribution in [2.75, 3.05) is 20.2 Å². The molecule has 0 aromatic heterocycles. The van der Waals surface area contributed by atoms with Crippen molar-refractivity contribution in [1.29, 1.82) is 0 Å². The van der Waals surface area contributed by atoms with Gasteiger partial charge in [-0.1, -0.05) is 6.07 Å². The molecular weight excluding hydrogens is 295 g/mol. The Morgan fingerprint density at radius 2 is 2.05 bits per heavy atom. The first kappa shape index (κ1) is 15.3. The number of ether oxygens (including phenoxy) is 1. The zero-order chi connectivity index (χ0) is 15.0. The molecule has 0 saturated carbocycles. The first-order chi connectivity index (χ1) is 9.25. The molecule has 1 fully saturated rings. The van der Waals surface area contributed by atoms with Crippen LogP contribution in [0.25, 0.3) is 0 Å². The van der Waals surface area contributed by atoms with E-state index in [0.29, 0.717) is 12.5 Å². The molecule has 0 unspecified atom stereocenters. The summed E-state index contributed by atoms with van der Waals surface area (Å²) in [6, 6.07) is 3.78. The Hall–Kier alpha value is -1.12. The first-order valence-corrected chi connectivity index (χ1v) is 7.39. The van der Waals surface area contributed by atoms with E-state index >= 15 is 0 Å². The molecule has 0 N–H and O–H groups in total. The van der Waals surface area contributed by atoms with E-state index in [1.54, 1.807) is 0 Å². The predicted octanol–water partition coefficient (Wildman–Crippen LogP) is 2.11. The lowest BCUT2D eigenvalue weighted by Crippen LogP contribution is -2.30. The number of methoxy groups -OCH3 is 1. The lowest BCUT2D eigenvalue weighted by atomic mass is 10.2. The van der Waals surface area contributed by atoms with Crippen LogP contribution in [0, 0.1) is 0 Å². The number of halogens is 3. The SMILES string of the molecule is CO[C@H]1CCN(S(=O)(=O)c2cccc(C(F)(F)F)c2)C1. The first-order valence-electron chi connectivity index (χ1n) is 5.95. The van der Waals surface area contributed by atoms with Gasteiger partial charge in [0.05, 0.1) is 16.6 Å². The van der Waals surface area contributed by atoms with Crippen molar-refractivity contribution in [3.05, 3.63) is 29.8 Å². The molecule has 0 spiro atoms. The Bertz CT molecular complexity index is 586. The lowest BCUT2D eigenvalue weighted by molar-refractivity contribution is -0.137. The van der Waals surface area contributed by atoms with Gasteiger partial charge < -0.3 is 4.74 Å². The molecule has 0 aliphatic carbocycles. The summed E-state index contributed by atoms with van der Waals surface area (Å²) in [4.78, 5) is -0.343. The van der Waals surface area contributed by atoms with Gasteiger partial charge in [-0.2, -0.15) is 17.5 Å². The van der Waals surface area contributed by atoms with E-state index in [1.807, 2.05) is 0 Å². The Morgan fingerprint density at radius 3 is 2.60 bits per heavy atom. The van der Waals surface area contributed by atoms with Crippen LogP contribution in [0.5, 0.6) is 0 Å². The summed E-state index contributed by atoms with van der Waals surface area (Å²) in [7, 11) is -2.43. The smallest absolute Gasteiger partial charge is 0.380 e. The van der Waals surface area contributed by atoms with Crippen molar-refractivity contribution < 1.29 is 26.3 Å². The summed E-state index contributed by atoms with van der Waals surface area (Å²) in [6.45, 7) is 0.409. The average molecular weight is 309 g/mol. The summed E-state index contributed by atoms with van der Waals surface area (Å²) < 4.78 is 68.6. The highest BCUT2D eigenvalue weighted by atomic mass is 32.2. The number of hydrogen-bond acceptors (Lipinski definition) is 3. The number of nitrogens with zero attached hydrogens (tertiary/aromatic N) is 1. The largest absolute Gasteiger partial charge is 0.416 e. The molecule has 0 amide bonds. The molecule has 2 rings (SSSR count). The normalized spacial score (nSPS) is 21.3. The van der Waals surface area contributed by atoms with Crippen LogP contribution in [0.4, 0.5) is 13.2 Å². The van der Waals surface area contributed by atoms with Gasteiger partial charge in [0, 0.05) is 20.2 Å². The van der Waals surface area contributed by atoms with Gasteiger partial charge in [0.15, 0.2) is 0 Å². The average Bonchev–Trinajstić information content (AvgIpc) is 2.87. The van der Waals surface area contributed by atoms with E-state index in [2.05, 4.69) is 0 Å². The monoisotopic (exact) mass is 309 g/mol. The molecular formula is C12H14F3NO3S. The maximum Gasteiger partial charge on any atom is 0.416 e. The van der Waals surface area contributed by atoms with Gasteiger partial charge >= 0.3 is 6.18 Å². The third-order valence-corrected chi connectivity index (χ3v) is 5.10. The van der Waals surface area contributed by atoms with Crippen molar-refractivity contribution in [3.8, 4) is 0 Å². The summed E-state index contributed by atoms with van der Waals surface area (Å²) in [6.07, 6.45) is -4.24. The van der Waals surface area contributed by atoms with Crippen LogP contribution in [-0.2, 0) is 20.9 Å². The molecule has 1 heterocycles. The Morgan fingerprint density at radius 1 is 1.35 bits per heavy atom. The molecule has 0 bridgehead atoms. The van der Waals surface area contributed by atoms with Gasteiger partial charge in [-0.05, 0) is 24.6 Å². The molecule has 1 atom stereocenters. The van der Waals surface area contributed by atoms with Gasteiger partial charge in [-0.15, -0.1) is 0 Å². The molecule has 1 aliphatic heterocycles. The molecule has 1 aromatic rings. The van der Waals surface area contributed by atoms with E-state index in [-0.39, 0.29) is 24.1 Å². The molecule has 8 heteroatoms. The van der Waals surface area contributed by atoms with Crippen LogP contribution in [0.2, 0.25) is 0 Å². The highest BCUT2D eigenvalue weighted by Crippen LogP contribution is 2.31. The number of hydrogen-bond donors (Lipinski definition) is 0. The number of rotatable bonds is 3. The van der Waals surface area contributed by atoms with Crippen molar-refractivity contribution in [1.82, 2.24) is 4.31 Å². The van der Waals surface area contributed by atoms with Crippen molar-refractivity contribution in [2.24, 2.45) is 0 Å². The summed E-state index contributed by atoms with van der Waals surface area (Å²) in [5.74, 6) is 0. The maximum atomic E-state index is 12.6. The van der Waals surface area contributed by atoms with Crippen LogP contribution in [0.1, 0.15) is 12.0 Å². The minimum Gasteiger partial charge on any atom is -0.380 e. The third-order valence-electron chi connectivity index (χ3n) is 3.24.